The molecule has 3 nitrogen and oxygen atoms in total. The summed E-state index contributed by atoms with van der Waals surface area (Å²) in [6.07, 6.45) is 1.25. The van der Waals surface area contributed by atoms with E-state index in [9.17, 15) is 9.90 Å². The summed E-state index contributed by atoms with van der Waals surface area (Å²) in [4.78, 5) is 12.1. The molecule has 1 heterocycles. The van der Waals surface area contributed by atoms with Crippen molar-refractivity contribution < 1.29 is 5.11 Å². The Labute approximate surface area is 100 Å². The molecule has 0 aliphatic heterocycles. The van der Waals surface area contributed by atoms with Gasteiger partial charge in [0.1, 0.15) is 0 Å². The minimum absolute atomic E-state index is 0.0391. The van der Waals surface area contributed by atoms with Crippen molar-refractivity contribution in [3.05, 3.63) is 46.9 Å². The van der Waals surface area contributed by atoms with Gasteiger partial charge in [0.05, 0.1) is 12.6 Å². The molecule has 1 aromatic carbocycles. The summed E-state index contributed by atoms with van der Waals surface area (Å²) < 4.78 is 1.58. The maximum atomic E-state index is 12.1. The average Bonchev–Trinajstić information content (AvgIpc) is 2.33. The Kier molecular flexibility index (Phi) is 3.29. The fraction of sp³-hybridized carbons (Fsp3) is 0.357. The lowest BCUT2D eigenvalue weighted by Crippen LogP contribution is -2.29. The van der Waals surface area contributed by atoms with Gasteiger partial charge in [-0.1, -0.05) is 32.0 Å². The molecule has 2 aromatic rings. The standard InChI is InChI=1S/C14H17NO2/c1-10(2)13(16)9-15-8-7-11-5-3-4-6-12(11)14(15)17/h3-8,10,13,16H,9H2,1-2H3. The minimum Gasteiger partial charge on any atom is -0.391 e. The largest absolute Gasteiger partial charge is 0.391 e. The first-order valence-electron chi connectivity index (χ1n) is 5.86. The van der Waals surface area contributed by atoms with Crippen molar-refractivity contribution in [2.45, 2.75) is 26.5 Å². The summed E-state index contributed by atoms with van der Waals surface area (Å²) in [7, 11) is 0. The number of hydrogen-bond donors (Lipinski definition) is 1. The van der Waals surface area contributed by atoms with Gasteiger partial charge in [0, 0.05) is 11.6 Å². The van der Waals surface area contributed by atoms with E-state index in [0.29, 0.717) is 11.9 Å². The molecule has 0 fully saturated rings. The van der Waals surface area contributed by atoms with Crippen molar-refractivity contribution >= 4 is 10.8 Å². The predicted molar refractivity (Wildman–Crippen MR) is 69.1 cm³/mol. The van der Waals surface area contributed by atoms with Gasteiger partial charge in [-0.2, -0.15) is 0 Å². The molecule has 2 rings (SSSR count). The van der Waals surface area contributed by atoms with Crippen molar-refractivity contribution in [2.24, 2.45) is 5.92 Å². The van der Waals surface area contributed by atoms with Crippen LogP contribution in [0, 0.1) is 5.92 Å². The molecular formula is C14H17NO2. The summed E-state index contributed by atoms with van der Waals surface area (Å²) in [6, 6.07) is 9.40. The molecule has 3 heteroatoms. The van der Waals surface area contributed by atoms with E-state index in [0.717, 1.165) is 5.39 Å². The van der Waals surface area contributed by atoms with Crippen LogP contribution in [0.25, 0.3) is 10.8 Å². The number of aliphatic hydroxyl groups is 1. The van der Waals surface area contributed by atoms with E-state index in [-0.39, 0.29) is 11.5 Å². The molecular weight excluding hydrogens is 214 g/mol. The van der Waals surface area contributed by atoms with Crippen molar-refractivity contribution in [1.29, 1.82) is 0 Å². The molecule has 0 saturated carbocycles. The first-order valence-corrected chi connectivity index (χ1v) is 5.86. The molecule has 0 spiro atoms. The van der Waals surface area contributed by atoms with Gasteiger partial charge in [0.15, 0.2) is 0 Å². The van der Waals surface area contributed by atoms with Gasteiger partial charge < -0.3 is 9.67 Å². The van der Waals surface area contributed by atoms with Crippen molar-refractivity contribution in [1.82, 2.24) is 4.57 Å². The molecule has 0 bridgehead atoms. The minimum atomic E-state index is -0.492. The van der Waals surface area contributed by atoms with E-state index in [1.165, 1.54) is 0 Å². The first kappa shape index (κ1) is 11.9. The van der Waals surface area contributed by atoms with Crippen molar-refractivity contribution in [2.75, 3.05) is 0 Å². The number of aromatic nitrogens is 1. The molecule has 0 saturated heterocycles. The smallest absolute Gasteiger partial charge is 0.258 e. The number of nitrogens with zero attached hydrogens (tertiary/aromatic N) is 1. The average molecular weight is 231 g/mol. The van der Waals surface area contributed by atoms with Crippen LogP contribution in [0.5, 0.6) is 0 Å². The van der Waals surface area contributed by atoms with E-state index in [2.05, 4.69) is 0 Å². The highest BCUT2D eigenvalue weighted by molar-refractivity contribution is 5.81. The lowest BCUT2D eigenvalue weighted by Gasteiger charge is -2.16. The molecule has 0 amide bonds. The van der Waals surface area contributed by atoms with Crippen LogP contribution in [0.1, 0.15) is 13.8 Å². The summed E-state index contributed by atoms with van der Waals surface area (Å²) in [6.45, 7) is 4.23. The van der Waals surface area contributed by atoms with Crippen LogP contribution in [0.15, 0.2) is 41.3 Å². The second-order valence-electron chi connectivity index (χ2n) is 4.67. The van der Waals surface area contributed by atoms with Gasteiger partial charge in [-0.15, -0.1) is 0 Å². The van der Waals surface area contributed by atoms with Gasteiger partial charge in [0.25, 0.3) is 5.56 Å². The third-order valence-electron chi connectivity index (χ3n) is 3.04. The zero-order valence-electron chi connectivity index (χ0n) is 10.1. The third kappa shape index (κ3) is 2.39. The zero-order valence-corrected chi connectivity index (χ0v) is 10.1. The molecule has 0 radical (unpaired) electrons. The number of benzene rings is 1. The highest BCUT2D eigenvalue weighted by Gasteiger charge is 2.11. The van der Waals surface area contributed by atoms with Crippen LogP contribution >= 0.6 is 0 Å². The normalized spacial score (nSPS) is 13.2. The van der Waals surface area contributed by atoms with Crippen LogP contribution < -0.4 is 5.56 Å². The molecule has 1 unspecified atom stereocenters. The van der Waals surface area contributed by atoms with Gasteiger partial charge >= 0.3 is 0 Å². The quantitative estimate of drug-likeness (QED) is 0.878. The zero-order chi connectivity index (χ0) is 12.4. The lowest BCUT2D eigenvalue weighted by atomic mass is 10.1. The Morgan fingerprint density at radius 3 is 2.65 bits per heavy atom. The number of aliphatic hydroxyl groups excluding tert-OH is 1. The van der Waals surface area contributed by atoms with E-state index >= 15 is 0 Å². The van der Waals surface area contributed by atoms with Crippen LogP contribution in [-0.2, 0) is 6.54 Å². The molecule has 1 N–H and O–H groups in total. The Hall–Kier alpha value is -1.61. The second-order valence-corrected chi connectivity index (χ2v) is 4.67. The molecule has 0 aliphatic carbocycles. The highest BCUT2D eigenvalue weighted by atomic mass is 16.3. The fourth-order valence-electron chi connectivity index (χ4n) is 1.79. The topological polar surface area (TPSA) is 42.2 Å². The molecule has 17 heavy (non-hydrogen) atoms. The maximum absolute atomic E-state index is 12.1. The van der Waals surface area contributed by atoms with E-state index in [4.69, 9.17) is 0 Å². The van der Waals surface area contributed by atoms with Gasteiger partial charge in [-0.25, -0.2) is 0 Å². The first-order chi connectivity index (χ1) is 8.09. The highest BCUT2D eigenvalue weighted by Crippen LogP contribution is 2.09. The lowest BCUT2D eigenvalue weighted by molar-refractivity contribution is 0.106. The summed E-state index contributed by atoms with van der Waals surface area (Å²) >= 11 is 0. The molecule has 0 aliphatic rings. The van der Waals surface area contributed by atoms with Crippen molar-refractivity contribution in [3.63, 3.8) is 0 Å². The monoisotopic (exact) mass is 231 g/mol. The SMILES string of the molecule is CC(C)C(O)Cn1ccc2ccccc2c1=O. The summed E-state index contributed by atoms with van der Waals surface area (Å²) in [5.74, 6) is 0.147. The Morgan fingerprint density at radius 2 is 1.94 bits per heavy atom. The van der Waals surface area contributed by atoms with Crippen molar-refractivity contribution in [3.8, 4) is 0 Å². The Balaban J connectivity index is 2.43. The van der Waals surface area contributed by atoms with Crippen LogP contribution in [0.2, 0.25) is 0 Å². The second kappa shape index (κ2) is 4.72. The third-order valence-corrected chi connectivity index (χ3v) is 3.04. The van der Waals surface area contributed by atoms with Crippen LogP contribution in [0.4, 0.5) is 0 Å². The van der Waals surface area contributed by atoms with Gasteiger partial charge in [-0.05, 0) is 23.4 Å². The number of pyridine rings is 1. The number of rotatable bonds is 3. The van der Waals surface area contributed by atoms with E-state index < -0.39 is 6.10 Å². The van der Waals surface area contributed by atoms with Crippen LogP contribution in [0.3, 0.4) is 0 Å². The summed E-state index contributed by atoms with van der Waals surface area (Å²) in [5, 5.41) is 11.5. The van der Waals surface area contributed by atoms with E-state index in [1.54, 1.807) is 10.8 Å². The predicted octanol–water partition coefficient (Wildman–Crippen LogP) is 2.02. The van der Waals surface area contributed by atoms with E-state index in [1.807, 2.05) is 44.2 Å². The molecule has 90 valence electrons. The van der Waals surface area contributed by atoms with Crippen LogP contribution in [-0.4, -0.2) is 15.8 Å². The fourth-order valence-corrected chi connectivity index (χ4v) is 1.79. The molecule has 1 atom stereocenters. The number of hydrogen-bond acceptors (Lipinski definition) is 2. The Bertz CT molecular complexity index is 572. The maximum Gasteiger partial charge on any atom is 0.258 e. The van der Waals surface area contributed by atoms with Gasteiger partial charge in [-0.3, -0.25) is 4.79 Å². The van der Waals surface area contributed by atoms with Gasteiger partial charge in [0.2, 0.25) is 0 Å². The number of fused-ring (bicyclic) bond motifs is 1. The molecule has 1 aromatic heterocycles. The summed E-state index contributed by atoms with van der Waals surface area (Å²) in [5.41, 5.74) is -0.0391. The Morgan fingerprint density at radius 1 is 1.24 bits per heavy atom.